The Labute approximate surface area is 142 Å². The molecule has 0 aliphatic carbocycles. The van der Waals surface area contributed by atoms with Crippen LogP contribution in [0.2, 0.25) is 5.02 Å². The lowest BCUT2D eigenvalue weighted by Gasteiger charge is -2.35. The van der Waals surface area contributed by atoms with Gasteiger partial charge in [-0.1, -0.05) is 17.7 Å². The molecule has 0 radical (unpaired) electrons. The quantitative estimate of drug-likeness (QED) is 0.800. The number of nitrogens with zero attached hydrogens (tertiary/aromatic N) is 3. The van der Waals surface area contributed by atoms with Crippen molar-refractivity contribution in [3.05, 3.63) is 57.7 Å². The summed E-state index contributed by atoms with van der Waals surface area (Å²) in [5.74, 6) is 1.00. The Balaban J connectivity index is 1.66. The number of hydrogen-bond donors (Lipinski definition) is 0. The van der Waals surface area contributed by atoms with Crippen molar-refractivity contribution >= 4 is 39.3 Å². The van der Waals surface area contributed by atoms with Gasteiger partial charge in [-0.25, -0.2) is 4.98 Å². The number of hydrogen-bond acceptors (Lipinski definition) is 3. The van der Waals surface area contributed by atoms with E-state index in [2.05, 4.69) is 25.8 Å². The SMILES string of the molecule is O=C(c1ccc(Cl)c(Br)c1)N1CCN(c2ccccn2)CC1. The summed E-state index contributed by atoms with van der Waals surface area (Å²) in [5.41, 5.74) is 0.655. The lowest BCUT2D eigenvalue weighted by atomic mass is 10.2. The number of piperazine rings is 1. The van der Waals surface area contributed by atoms with Crippen molar-refractivity contribution in [1.82, 2.24) is 9.88 Å². The normalized spacial score (nSPS) is 15.0. The van der Waals surface area contributed by atoms with Crippen LogP contribution in [-0.2, 0) is 0 Å². The summed E-state index contributed by atoms with van der Waals surface area (Å²) in [7, 11) is 0. The molecule has 3 rings (SSSR count). The molecule has 6 heteroatoms. The van der Waals surface area contributed by atoms with E-state index in [4.69, 9.17) is 11.6 Å². The van der Waals surface area contributed by atoms with Crippen LogP contribution in [0.4, 0.5) is 5.82 Å². The average molecular weight is 381 g/mol. The van der Waals surface area contributed by atoms with Crippen LogP contribution < -0.4 is 4.90 Å². The Kier molecular flexibility index (Phi) is 4.64. The van der Waals surface area contributed by atoms with Crippen molar-refractivity contribution in [3.8, 4) is 0 Å². The molecule has 2 heterocycles. The van der Waals surface area contributed by atoms with Crippen LogP contribution in [0.3, 0.4) is 0 Å². The van der Waals surface area contributed by atoms with E-state index in [1.807, 2.05) is 23.1 Å². The highest BCUT2D eigenvalue weighted by molar-refractivity contribution is 9.10. The maximum atomic E-state index is 12.5. The molecule has 0 saturated carbocycles. The number of aromatic nitrogens is 1. The second-order valence-electron chi connectivity index (χ2n) is 5.10. The van der Waals surface area contributed by atoms with E-state index >= 15 is 0 Å². The molecule has 1 amide bonds. The molecule has 0 atom stereocenters. The topological polar surface area (TPSA) is 36.4 Å². The van der Waals surface area contributed by atoms with E-state index in [9.17, 15) is 4.79 Å². The van der Waals surface area contributed by atoms with E-state index in [1.54, 1.807) is 24.4 Å². The smallest absolute Gasteiger partial charge is 0.254 e. The fourth-order valence-corrected chi connectivity index (χ4v) is 2.99. The number of amides is 1. The minimum absolute atomic E-state index is 0.0398. The molecule has 0 unspecified atom stereocenters. The maximum Gasteiger partial charge on any atom is 0.254 e. The first-order valence-corrected chi connectivity index (χ1v) is 8.22. The van der Waals surface area contributed by atoms with Crippen LogP contribution in [0.1, 0.15) is 10.4 Å². The molecule has 1 fully saturated rings. The van der Waals surface area contributed by atoms with Gasteiger partial charge in [0.1, 0.15) is 5.82 Å². The summed E-state index contributed by atoms with van der Waals surface area (Å²) >= 11 is 9.33. The second-order valence-corrected chi connectivity index (χ2v) is 6.36. The summed E-state index contributed by atoms with van der Waals surface area (Å²) in [6, 6.07) is 11.2. The van der Waals surface area contributed by atoms with Crippen LogP contribution in [0, 0.1) is 0 Å². The van der Waals surface area contributed by atoms with Gasteiger partial charge in [0.15, 0.2) is 0 Å². The van der Waals surface area contributed by atoms with Crippen LogP contribution in [0.15, 0.2) is 47.1 Å². The van der Waals surface area contributed by atoms with Crippen molar-refractivity contribution in [2.45, 2.75) is 0 Å². The average Bonchev–Trinajstić information content (AvgIpc) is 2.58. The van der Waals surface area contributed by atoms with Crippen LogP contribution in [0.5, 0.6) is 0 Å². The number of carbonyl (C=O) groups excluding carboxylic acids is 1. The molecule has 0 bridgehead atoms. The Hall–Kier alpha value is -1.59. The fourth-order valence-electron chi connectivity index (χ4n) is 2.49. The molecule has 4 nitrogen and oxygen atoms in total. The minimum atomic E-state index is 0.0398. The lowest BCUT2D eigenvalue weighted by Crippen LogP contribution is -2.49. The van der Waals surface area contributed by atoms with Crippen molar-refractivity contribution in [1.29, 1.82) is 0 Å². The molecule has 22 heavy (non-hydrogen) atoms. The summed E-state index contributed by atoms with van der Waals surface area (Å²) in [6.07, 6.45) is 1.79. The number of rotatable bonds is 2. The predicted molar refractivity (Wildman–Crippen MR) is 91.5 cm³/mol. The second kappa shape index (κ2) is 6.67. The molecule has 0 spiro atoms. The Morgan fingerprint density at radius 1 is 1.14 bits per heavy atom. The highest BCUT2D eigenvalue weighted by Gasteiger charge is 2.23. The number of pyridine rings is 1. The third kappa shape index (κ3) is 3.25. The number of halogens is 2. The molecule has 0 N–H and O–H groups in total. The Bertz CT molecular complexity index is 672. The van der Waals surface area contributed by atoms with Crippen LogP contribution >= 0.6 is 27.5 Å². The van der Waals surface area contributed by atoms with Gasteiger partial charge in [0, 0.05) is 42.4 Å². The molecule has 1 aliphatic rings. The third-order valence-electron chi connectivity index (χ3n) is 3.71. The van der Waals surface area contributed by atoms with Gasteiger partial charge in [-0.2, -0.15) is 0 Å². The van der Waals surface area contributed by atoms with E-state index in [0.29, 0.717) is 23.7 Å². The zero-order valence-electron chi connectivity index (χ0n) is 11.9. The zero-order valence-corrected chi connectivity index (χ0v) is 14.2. The fraction of sp³-hybridized carbons (Fsp3) is 0.250. The first-order valence-electron chi connectivity index (χ1n) is 7.05. The van der Waals surface area contributed by atoms with Crippen molar-refractivity contribution < 1.29 is 4.79 Å². The number of carbonyl (C=O) groups is 1. The molecule has 2 aromatic rings. The molecule has 114 valence electrons. The first-order chi connectivity index (χ1) is 10.6. The summed E-state index contributed by atoms with van der Waals surface area (Å²) in [5, 5.41) is 0.608. The van der Waals surface area contributed by atoms with Gasteiger partial charge in [-0.15, -0.1) is 0 Å². The highest BCUT2D eigenvalue weighted by Crippen LogP contribution is 2.24. The molecule has 1 saturated heterocycles. The molecule has 1 aliphatic heterocycles. The standard InChI is InChI=1S/C16H15BrClN3O/c17-13-11-12(4-5-14(13)18)16(22)21-9-7-20(8-10-21)15-3-1-2-6-19-15/h1-6,11H,7-10H2. The Morgan fingerprint density at radius 3 is 2.55 bits per heavy atom. The van der Waals surface area contributed by atoms with Crippen molar-refractivity contribution in [2.75, 3.05) is 31.1 Å². The number of anilines is 1. The van der Waals surface area contributed by atoms with Crippen molar-refractivity contribution in [3.63, 3.8) is 0 Å². The molecular formula is C16H15BrClN3O. The number of benzene rings is 1. The van der Waals surface area contributed by atoms with E-state index in [1.165, 1.54) is 0 Å². The lowest BCUT2D eigenvalue weighted by molar-refractivity contribution is 0.0746. The zero-order chi connectivity index (χ0) is 15.5. The third-order valence-corrected chi connectivity index (χ3v) is 4.92. The summed E-state index contributed by atoms with van der Waals surface area (Å²) < 4.78 is 0.743. The van der Waals surface area contributed by atoms with E-state index in [-0.39, 0.29) is 5.91 Å². The Morgan fingerprint density at radius 2 is 1.91 bits per heavy atom. The maximum absolute atomic E-state index is 12.5. The van der Waals surface area contributed by atoms with Crippen LogP contribution in [0.25, 0.3) is 0 Å². The monoisotopic (exact) mass is 379 g/mol. The minimum Gasteiger partial charge on any atom is -0.353 e. The van der Waals surface area contributed by atoms with Gasteiger partial charge in [-0.3, -0.25) is 4.79 Å². The largest absolute Gasteiger partial charge is 0.353 e. The van der Waals surface area contributed by atoms with E-state index < -0.39 is 0 Å². The molecular weight excluding hydrogens is 366 g/mol. The highest BCUT2D eigenvalue weighted by atomic mass is 79.9. The van der Waals surface area contributed by atoms with Gasteiger partial charge >= 0.3 is 0 Å². The van der Waals surface area contributed by atoms with Gasteiger partial charge in [0.2, 0.25) is 0 Å². The van der Waals surface area contributed by atoms with Gasteiger partial charge < -0.3 is 9.80 Å². The van der Waals surface area contributed by atoms with E-state index in [0.717, 1.165) is 23.4 Å². The van der Waals surface area contributed by atoms with Crippen LogP contribution in [-0.4, -0.2) is 42.0 Å². The van der Waals surface area contributed by atoms with Crippen molar-refractivity contribution in [2.24, 2.45) is 0 Å². The first kappa shape index (κ1) is 15.3. The van der Waals surface area contributed by atoms with Gasteiger partial charge in [0.05, 0.1) is 5.02 Å². The molecule has 1 aromatic heterocycles. The summed E-state index contributed by atoms with van der Waals surface area (Å²) in [6.45, 7) is 2.96. The molecule has 1 aromatic carbocycles. The summed E-state index contributed by atoms with van der Waals surface area (Å²) in [4.78, 5) is 21.0. The van der Waals surface area contributed by atoms with Gasteiger partial charge in [0.25, 0.3) is 5.91 Å². The van der Waals surface area contributed by atoms with Gasteiger partial charge in [-0.05, 0) is 46.3 Å². The predicted octanol–water partition coefficient (Wildman–Crippen LogP) is 3.46.